The molecule has 0 aliphatic carbocycles. The van der Waals surface area contributed by atoms with Crippen LogP contribution in [0.2, 0.25) is 30.3 Å². The van der Waals surface area contributed by atoms with E-state index >= 15 is 17.6 Å². The molecule has 39 nitrogen and oxygen atoms in total. The number of hydrogen-bond acceptors (Lipinski definition) is 30. The maximum atomic E-state index is 16.6. The second-order valence-corrected chi connectivity index (χ2v) is 31.5. The van der Waals surface area contributed by atoms with E-state index in [0.29, 0.717) is 47.3 Å². The third-order valence-electron chi connectivity index (χ3n) is 17.3. The molecule has 682 valence electrons. The van der Waals surface area contributed by atoms with Crippen LogP contribution in [-0.4, -0.2) is 178 Å². The van der Waals surface area contributed by atoms with E-state index in [1.807, 2.05) is 48.5 Å². The number of ether oxygens (including phenoxy) is 10. The molecule has 2 aliphatic heterocycles. The van der Waals surface area contributed by atoms with Gasteiger partial charge in [0.1, 0.15) is 61.0 Å². The number of carboxylic acid groups (broad SMARTS) is 1. The Hall–Kier alpha value is -13.2. The van der Waals surface area contributed by atoms with E-state index in [-0.39, 0.29) is 87.7 Å². The van der Waals surface area contributed by atoms with Gasteiger partial charge in [0.05, 0.1) is 68.1 Å². The molecule has 0 bridgehead atoms. The molecule has 0 spiro atoms. The summed E-state index contributed by atoms with van der Waals surface area (Å²) in [4.78, 5) is 133. The summed E-state index contributed by atoms with van der Waals surface area (Å²) in [5.74, 6) is -11.6. The largest absolute Gasteiger partial charge is 0.509 e. The van der Waals surface area contributed by atoms with Crippen LogP contribution in [0, 0.1) is 33.1 Å². The molecule has 12 rings (SSSR count). The minimum atomic E-state index is -4.27. The molecule has 5 aromatic carbocycles. The molecule has 0 radical (unpaired) electrons. The lowest BCUT2D eigenvalue weighted by Crippen LogP contribution is -2.45. The fourth-order valence-electron chi connectivity index (χ4n) is 11.5. The smallest absolute Gasteiger partial charge is 0.481 e. The number of carbonyl (C=O) groups excluding carboxylic acids is 5. The lowest BCUT2D eigenvalue weighted by atomic mass is 10.1. The number of aromatic nitrogens is 11. The van der Waals surface area contributed by atoms with Crippen molar-refractivity contribution in [3.05, 3.63) is 251 Å². The normalized spacial score (nSPS) is 16.5. The fraction of sp³-hybridized carbons (Fsp3) is 0.312. The second kappa shape index (κ2) is 44.0. The lowest BCUT2D eigenvalue weighted by Gasteiger charge is -2.26. The van der Waals surface area contributed by atoms with E-state index < -0.39 is 149 Å². The number of nitro groups is 2. The maximum absolute atomic E-state index is 16.6. The summed E-state index contributed by atoms with van der Waals surface area (Å²) >= 11 is 35.1. The molecule has 0 saturated carbocycles. The zero-order valence-electron chi connectivity index (χ0n) is 68.8. The molecular formula is C80H73Cl6F4N15O24. The van der Waals surface area contributed by atoms with Crippen molar-refractivity contribution >= 4 is 129 Å². The first-order valence-electron chi connectivity index (χ1n) is 37.8. The molecule has 5 aromatic heterocycles. The van der Waals surface area contributed by atoms with Crippen LogP contribution >= 0.6 is 69.6 Å². The number of aliphatic carboxylic acids is 1. The number of nitro benzene ring substituents is 2. The van der Waals surface area contributed by atoms with Gasteiger partial charge in [-0.2, -0.15) is 32.5 Å². The van der Waals surface area contributed by atoms with Crippen molar-refractivity contribution < 1.29 is 115 Å². The highest BCUT2D eigenvalue weighted by molar-refractivity contribution is 6.43. The number of aliphatic hydroxyl groups excluding tert-OH is 1. The number of benzene rings is 5. The number of hydrogen-bond donors (Lipinski definition) is 4. The average Bonchev–Trinajstić information content (AvgIpc) is 1.59. The molecule has 2 amide bonds. The van der Waals surface area contributed by atoms with Gasteiger partial charge in [-0.15, -0.1) is 23.0 Å². The fourth-order valence-corrected chi connectivity index (χ4v) is 12.7. The second-order valence-electron chi connectivity index (χ2n) is 29.1. The van der Waals surface area contributed by atoms with Gasteiger partial charge in [-0.05, 0) is 118 Å². The van der Waals surface area contributed by atoms with Crippen LogP contribution in [0.1, 0.15) is 89.6 Å². The summed E-state index contributed by atoms with van der Waals surface area (Å²) in [6.07, 6.45) is -8.18. The zero-order chi connectivity index (χ0) is 95.3. The molecule has 7 heterocycles. The third-order valence-corrected chi connectivity index (χ3v) is 19.3. The number of amides is 2. The van der Waals surface area contributed by atoms with E-state index in [0.717, 1.165) is 23.5 Å². The van der Waals surface area contributed by atoms with Crippen LogP contribution in [0.15, 0.2) is 162 Å². The average molecular weight is 1920 g/mol. The molecule has 2 fully saturated rings. The number of carbonyl (C=O) groups is 6. The molecule has 4 unspecified atom stereocenters. The molecular weight excluding hydrogens is 1840 g/mol. The predicted octanol–water partition coefficient (Wildman–Crippen LogP) is 15.0. The number of carboxylic acids is 1. The van der Waals surface area contributed by atoms with E-state index in [9.17, 15) is 63.7 Å². The zero-order valence-corrected chi connectivity index (χ0v) is 72.3. The van der Waals surface area contributed by atoms with Gasteiger partial charge in [-0.1, -0.05) is 141 Å². The first-order valence-corrected chi connectivity index (χ1v) is 39.6. The molecule has 49 heteroatoms. The van der Waals surface area contributed by atoms with Gasteiger partial charge in [0.25, 0.3) is 11.4 Å². The molecule has 6 atom stereocenters. The van der Waals surface area contributed by atoms with E-state index in [2.05, 4.69) is 52.6 Å². The number of esters is 1. The van der Waals surface area contributed by atoms with Crippen molar-refractivity contribution in [1.82, 2.24) is 54.1 Å². The SMILES string of the molecule is CC(C)(C)OC(=O)OC1C(CO)O[C@@H](n2cc(-c3cn(Cc4ccccc4)nn3)c(NC(=O)OCc3ccc([N+](=O)[O-])cc3)nc2=O)C1(F)F.CC(C)(C)OC(=O)OC1C(COC(=O)COc2nc(Cl)c(Cl)cc2Cl)O[C@@H](n2cc(-c3cn(Cc4ccccc4)nn3)c(NC(=O)OCc3ccc([N+](=O)[O-])cc3)nc2=O)C1(F)F.O=C(O)CCc1cc(Cl)c(Cl)cc1Cl.[2H]C#C. The molecule has 129 heavy (non-hydrogen) atoms. The number of non-ortho nitro benzene ring substituents is 2. The van der Waals surface area contributed by atoms with E-state index in [4.69, 9.17) is 123 Å². The maximum Gasteiger partial charge on any atom is 0.509 e. The van der Waals surface area contributed by atoms with Gasteiger partial charge in [-0.25, -0.2) is 42.9 Å². The van der Waals surface area contributed by atoms with Gasteiger partial charge in [0.2, 0.25) is 30.5 Å². The van der Waals surface area contributed by atoms with E-state index in [1.165, 1.54) is 130 Å². The van der Waals surface area contributed by atoms with Gasteiger partial charge in [0.15, 0.2) is 23.4 Å². The first-order chi connectivity index (χ1) is 61.3. The van der Waals surface area contributed by atoms with Crippen molar-refractivity contribution in [2.45, 2.75) is 141 Å². The number of aryl methyl sites for hydroxylation is 1. The highest BCUT2D eigenvalue weighted by atomic mass is 35.5. The van der Waals surface area contributed by atoms with Gasteiger partial charge in [-0.3, -0.25) is 44.8 Å². The van der Waals surface area contributed by atoms with Gasteiger partial charge >= 0.3 is 59.7 Å². The molecule has 10 aromatic rings. The predicted molar refractivity (Wildman–Crippen MR) is 450 cm³/mol. The number of rotatable bonds is 27. The van der Waals surface area contributed by atoms with Crippen LogP contribution in [0.4, 0.5) is 59.8 Å². The monoisotopic (exact) mass is 1910 g/mol. The van der Waals surface area contributed by atoms with Crippen molar-refractivity contribution in [2.24, 2.45) is 0 Å². The van der Waals surface area contributed by atoms with Crippen molar-refractivity contribution in [3.8, 4) is 41.2 Å². The Kier molecular flexibility index (Phi) is 33.4. The van der Waals surface area contributed by atoms with E-state index in [1.54, 1.807) is 18.2 Å². The van der Waals surface area contributed by atoms with Crippen molar-refractivity contribution in [1.29, 1.82) is 0 Å². The Bertz CT molecular complexity index is 5920. The number of terminal acetylenes is 1. The Morgan fingerprint density at radius 1 is 0.581 bits per heavy atom. The minimum absolute atomic E-state index is 0.00237. The number of nitrogens with zero attached hydrogens (tertiary/aromatic N) is 13. The number of nitrogens with one attached hydrogen (secondary N) is 2. The minimum Gasteiger partial charge on any atom is -0.481 e. The number of anilines is 2. The Morgan fingerprint density at radius 2 is 1.00 bits per heavy atom. The highest BCUT2D eigenvalue weighted by Crippen LogP contribution is 2.47. The summed E-state index contributed by atoms with van der Waals surface area (Å²) in [6.45, 7) is 5.78. The Morgan fingerprint density at radius 3 is 1.42 bits per heavy atom. The standard InChI is InChI=1S/C38H33Cl3F2N8O12.C31H31F2N7O10.C9H7Cl3O2.C2H2/c1-37(2,3)63-36(55)62-29-27(18-58-28(52)19-59-32-25(40)13-24(39)30(41)44-32)61-33(38(29,42)43)50-15-23(26-16-49(48-47-26)14-20-7-5-4-6-8-20)31(45-34(50)53)46-35(54)60-17-21-9-11-22(12-10-21)51(56)57;1-30(2,3)50-29(44)49-24-23(16-41)48-26(31(24,32)33)39-14-21(22-15-38(37-36-22)13-18-7-5-4-6-8-18)25(34-27(39)42)35-28(43)47-17-19-9-11-20(12-10-19)40(45)46;10-6-4-8(12)7(11)3-5(6)1-2-9(13)14;1-2/h4-13,15-16,27,29,33H,14,17-19H2,1-3H3,(H,45,46,53,54);4-12,14-15,23-24,26,41H,13,16-17H2,1-3H3,(H,34,35,42,43);3-4H,1-2H2,(H,13,14);1-2H/t27?,29?,33-;23?,24?,26-;;/m11../s1/i;;;1D. The summed E-state index contributed by atoms with van der Waals surface area (Å²) < 4.78 is 126. The Balaban J connectivity index is 0.000000252. The molecule has 4 N–H and O–H groups in total. The number of alkyl halides is 4. The van der Waals surface area contributed by atoms with Crippen molar-refractivity contribution in [2.75, 3.05) is 30.5 Å². The Labute approximate surface area is 757 Å². The van der Waals surface area contributed by atoms with Crippen LogP contribution < -0.4 is 26.7 Å². The summed E-state index contributed by atoms with van der Waals surface area (Å²) in [5.41, 5.74) is -2.69. The summed E-state index contributed by atoms with van der Waals surface area (Å²) in [5, 5.41) is 62.0. The molecule has 2 aliphatic rings. The van der Waals surface area contributed by atoms with Gasteiger partial charge < -0.3 is 57.6 Å². The van der Waals surface area contributed by atoms with Crippen LogP contribution in [-0.2, 0) is 84.9 Å². The number of aliphatic hydroxyl groups is 1. The van der Waals surface area contributed by atoms with Gasteiger partial charge in [0, 0.05) is 48.1 Å². The highest BCUT2D eigenvalue weighted by Gasteiger charge is 2.64. The number of pyridine rings is 1. The first kappa shape index (κ1) is 98.0. The summed E-state index contributed by atoms with van der Waals surface area (Å²) in [6, 6.07) is 32.8. The lowest BCUT2D eigenvalue weighted by molar-refractivity contribution is -0.385. The topological polar surface area (TPSA) is 490 Å². The third kappa shape index (κ3) is 27.7. The van der Waals surface area contributed by atoms with Crippen LogP contribution in [0.5, 0.6) is 5.88 Å². The number of halogens is 10. The van der Waals surface area contributed by atoms with Crippen LogP contribution in [0.25, 0.3) is 22.5 Å². The molecule has 2 saturated heterocycles. The van der Waals surface area contributed by atoms with Crippen LogP contribution in [0.3, 0.4) is 0 Å². The van der Waals surface area contributed by atoms with Crippen molar-refractivity contribution in [3.63, 3.8) is 0 Å². The summed E-state index contributed by atoms with van der Waals surface area (Å²) in [7, 11) is 0. The quantitative estimate of drug-likeness (QED) is 0.00543.